The number of benzene rings is 2. The zero-order chi connectivity index (χ0) is 22.3. The third kappa shape index (κ3) is 5.71. The predicted octanol–water partition coefficient (Wildman–Crippen LogP) is 3.65. The highest BCUT2D eigenvalue weighted by molar-refractivity contribution is 8.01. The summed E-state index contributed by atoms with van der Waals surface area (Å²) in [6.45, 7) is 0.339. The summed E-state index contributed by atoms with van der Waals surface area (Å²) in [4.78, 5) is 38.6. The van der Waals surface area contributed by atoms with Crippen molar-refractivity contribution in [2.45, 2.75) is 17.2 Å². The van der Waals surface area contributed by atoms with E-state index >= 15 is 0 Å². The summed E-state index contributed by atoms with van der Waals surface area (Å²) >= 11 is 2.66. The largest absolute Gasteiger partial charge is 0.326 e. The van der Waals surface area contributed by atoms with Gasteiger partial charge in [0.25, 0.3) is 0 Å². The third-order valence-electron chi connectivity index (χ3n) is 4.81. The van der Waals surface area contributed by atoms with E-state index in [4.69, 9.17) is 0 Å². The van der Waals surface area contributed by atoms with Crippen LogP contribution in [0.3, 0.4) is 0 Å². The van der Waals surface area contributed by atoms with Gasteiger partial charge in [0, 0.05) is 36.5 Å². The Morgan fingerprint density at radius 2 is 1.75 bits per heavy atom. The van der Waals surface area contributed by atoms with E-state index in [9.17, 15) is 14.4 Å². The van der Waals surface area contributed by atoms with Crippen molar-refractivity contribution in [3.05, 3.63) is 60.7 Å². The maximum Gasteiger partial charge on any atom is 0.231 e. The van der Waals surface area contributed by atoms with E-state index in [1.54, 1.807) is 4.90 Å². The molecule has 1 aliphatic rings. The van der Waals surface area contributed by atoms with Crippen LogP contribution in [-0.4, -0.2) is 40.2 Å². The molecule has 0 spiro atoms. The Balaban J connectivity index is 1.23. The number of anilines is 3. The predicted molar refractivity (Wildman–Crippen MR) is 126 cm³/mol. The van der Waals surface area contributed by atoms with E-state index in [1.807, 2.05) is 60.7 Å². The Hall–Kier alpha value is -3.24. The first-order chi connectivity index (χ1) is 15.6. The minimum absolute atomic E-state index is 0.0707. The number of nitrogens with one attached hydrogen (secondary N) is 2. The van der Waals surface area contributed by atoms with Gasteiger partial charge in [0.05, 0.1) is 5.92 Å². The highest BCUT2D eigenvalue weighted by Gasteiger charge is 2.35. The molecular weight excluding hydrogens is 446 g/mol. The van der Waals surface area contributed by atoms with E-state index in [0.717, 1.165) is 11.4 Å². The van der Waals surface area contributed by atoms with E-state index in [2.05, 4.69) is 20.8 Å². The van der Waals surface area contributed by atoms with Crippen molar-refractivity contribution in [1.29, 1.82) is 0 Å². The summed E-state index contributed by atoms with van der Waals surface area (Å²) < 4.78 is 0.668. The van der Waals surface area contributed by atoms with Crippen LogP contribution in [0.15, 0.2) is 65.0 Å². The molecule has 10 heteroatoms. The lowest BCUT2D eigenvalue weighted by Gasteiger charge is -2.16. The van der Waals surface area contributed by atoms with Gasteiger partial charge < -0.3 is 15.5 Å². The Morgan fingerprint density at radius 1 is 1.03 bits per heavy atom. The molecule has 1 aromatic heterocycles. The maximum atomic E-state index is 12.6. The molecule has 0 aliphatic carbocycles. The number of hydrogen-bond acceptors (Lipinski definition) is 7. The first-order valence-electron chi connectivity index (χ1n) is 10.1. The molecule has 2 heterocycles. The van der Waals surface area contributed by atoms with Gasteiger partial charge in [-0.1, -0.05) is 59.5 Å². The van der Waals surface area contributed by atoms with Gasteiger partial charge in [0.15, 0.2) is 4.34 Å². The number of aromatic nitrogens is 2. The number of carbonyl (C=O) groups excluding carboxylic acids is 3. The van der Waals surface area contributed by atoms with Gasteiger partial charge in [-0.05, 0) is 24.3 Å². The molecule has 4 rings (SSSR count). The van der Waals surface area contributed by atoms with Crippen LogP contribution in [0.4, 0.5) is 16.5 Å². The number of carbonyl (C=O) groups is 3. The van der Waals surface area contributed by atoms with Gasteiger partial charge in [-0.25, -0.2) is 0 Å². The fraction of sp³-hybridized carbons (Fsp3) is 0.227. The first kappa shape index (κ1) is 22.0. The summed E-state index contributed by atoms with van der Waals surface area (Å²) in [5, 5.41) is 14.1. The Bertz CT molecular complexity index is 1090. The molecular formula is C22H21N5O3S2. The van der Waals surface area contributed by atoms with E-state index in [1.165, 1.54) is 23.1 Å². The van der Waals surface area contributed by atoms with Crippen LogP contribution in [0.5, 0.6) is 0 Å². The molecule has 1 atom stereocenters. The number of amides is 3. The van der Waals surface area contributed by atoms with Crippen molar-refractivity contribution in [1.82, 2.24) is 10.2 Å². The van der Waals surface area contributed by atoms with E-state index in [-0.39, 0.29) is 24.1 Å². The average Bonchev–Trinajstić information content (AvgIpc) is 3.41. The fourth-order valence-electron chi connectivity index (χ4n) is 3.24. The molecule has 0 bridgehead atoms. The molecule has 0 saturated carbocycles. The minimum atomic E-state index is -0.440. The average molecular weight is 468 g/mol. The lowest BCUT2D eigenvalue weighted by atomic mass is 10.1. The minimum Gasteiger partial charge on any atom is -0.326 e. The summed E-state index contributed by atoms with van der Waals surface area (Å²) in [7, 11) is 0. The van der Waals surface area contributed by atoms with Crippen molar-refractivity contribution < 1.29 is 14.4 Å². The fourth-order valence-corrected chi connectivity index (χ4v) is 5.01. The lowest BCUT2D eigenvalue weighted by molar-refractivity contribution is -0.122. The van der Waals surface area contributed by atoms with Crippen molar-refractivity contribution in [3.8, 4) is 0 Å². The second-order valence-electron chi connectivity index (χ2n) is 7.12. The number of rotatable bonds is 8. The first-order valence-corrected chi connectivity index (χ1v) is 11.9. The molecule has 3 amide bonds. The van der Waals surface area contributed by atoms with Gasteiger partial charge in [0.2, 0.25) is 22.9 Å². The van der Waals surface area contributed by atoms with Crippen LogP contribution >= 0.6 is 23.1 Å². The normalized spacial score (nSPS) is 15.6. The van der Waals surface area contributed by atoms with Crippen LogP contribution in [-0.2, 0) is 14.4 Å². The molecule has 1 saturated heterocycles. The number of nitrogens with zero attached hydrogens (tertiary/aromatic N) is 3. The molecule has 2 N–H and O–H groups in total. The SMILES string of the molecule is O=C(CCSc1nnc(NC(=O)C2CC(=O)N(c3ccccc3)C2)s1)Nc1ccccc1. The monoisotopic (exact) mass is 467 g/mol. The molecule has 1 unspecified atom stereocenters. The lowest BCUT2D eigenvalue weighted by Crippen LogP contribution is -2.28. The Morgan fingerprint density at radius 3 is 2.50 bits per heavy atom. The summed E-state index contributed by atoms with van der Waals surface area (Å²) in [5.74, 6) is -0.282. The van der Waals surface area contributed by atoms with Crippen molar-refractivity contribution >= 4 is 57.3 Å². The number of thioether (sulfide) groups is 1. The highest BCUT2D eigenvalue weighted by atomic mass is 32.2. The Kier molecular flexibility index (Phi) is 7.13. The second kappa shape index (κ2) is 10.4. The van der Waals surface area contributed by atoms with Crippen molar-refractivity contribution in [2.24, 2.45) is 5.92 Å². The van der Waals surface area contributed by atoms with Gasteiger partial charge in [-0.2, -0.15) is 0 Å². The molecule has 1 fully saturated rings. The van der Waals surface area contributed by atoms with Crippen LogP contribution in [0.1, 0.15) is 12.8 Å². The van der Waals surface area contributed by atoms with Crippen LogP contribution in [0, 0.1) is 5.92 Å². The van der Waals surface area contributed by atoms with Crippen molar-refractivity contribution in [3.63, 3.8) is 0 Å². The molecule has 1 aliphatic heterocycles. The number of para-hydroxylation sites is 2. The van der Waals surface area contributed by atoms with Gasteiger partial charge >= 0.3 is 0 Å². The molecule has 32 heavy (non-hydrogen) atoms. The van der Waals surface area contributed by atoms with Gasteiger partial charge in [-0.3, -0.25) is 14.4 Å². The smallest absolute Gasteiger partial charge is 0.231 e. The molecule has 8 nitrogen and oxygen atoms in total. The quantitative estimate of drug-likeness (QED) is 0.387. The molecule has 3 aromatic rings. The summed E-state index contributed by atoms with van der Waals surface area (Å²) in [6, 6.07) is 18.6. The van der Waals surface area contributed by atoms with Crippen LogP contribution in [0.2, 0.25) is 0 Å². The Labute approximate surface area is 193 Å². The molecule has 164 valence electrons. The van der Waals surface area contributed by atoms with E-state index < -0.39 is 5.92 Å². The van der Waals surface area contributed by atoms with Crippen LogP contribution in [0.25, 0.3) is 0 Å². The van der Waals surface area contributed by atoms with Gasteiger partial charge in [-0.15, -0.1) is 10.2 Å². The van der Waals surface area contributed by atoms with E-state index in [0.29, 0.717) is 28.2 Å². The zero-order valence-corrected chi connectivity index (χ0v) is 18.7. The zero-order valence-electron chi connectivity index (χ0n) is 17.1. The summed E-state index contributed by atoms with van der Waals surface area (Å²) in [6.07, 6.45) is 0.498. The van der Waals surface area contributed by atoms with Crippen LogP contribution < -0.4 is 15.5 Å². The molecule has 0 radical (unpaired) electrons. The van der Waals surface area contributed by atoms with Crippen molar-refractivity contribution in [2.75, 3.05) is 27.8 Å². The summed E-state index contributed by atoms with van der Waals surface area (Å²) in [5.41, 5.74) is 1.55. The highest BCUT2D eigenvalue weighted by Crippen LogP contribution is 2.29. The number of hydrogen-bond donors (Lipinski definition) is 2. The maximum absolute atomic E-state index is 12.6. The standard InChI is InChI=1S/C22H21N5O3S2/c28-18(23-16-7-3-1-4-8-16)11-12-31-22-26-25-21(32-22)24-20(30)15-13-19(29)27(14-15)17-9-5-2-6-10-17/h1-10,15H,11-14H2,(H,23,28)(H,24,25,30). The van der Waals surface area contributed by atoms with Gasteiger partial charge in [0.1, 0.15) is 0 Å². The molecule has 2 aromatic carbocycles. The topological polar surface area (TPSA) is 104 Å². The third-order valence-corrected chi connectivity index (χ3v) is 6.79. The second-order valence-corrected chi connectivity index (χ2v) is 9.44.